The van der Waals surface area contributed by atoms with Crippen LogP contribution in [-0.2, 0) is 6.54 Å². The third-order valence-corrected chi connectivity index (χ3v) is 3.55. The topological polar surface area (TPSA) is 43.4 Å². The molecule has 1 aliphatic heterocycles. The first-order valence-corrected chi connectivity index (χ1v) is 6.86. The van der Waals surface area contributed by atoms with Gasteiger partial charge in [-0.3, -0.25) is 4.98 Å². The second-order valence-corrected chi connectivity index (χ2v) is 4.92. The molecule has 4 rings (SSSR count). The zero-order valence-electron chi connectivity index (χ0n) is 11.4. The van der Waals surface area contributed by atoms with Crippen molar-refractivity contribution in [2.24, 2.45) is 0 Å². The standard InChI is InChI=1S/C17H14N2O2/c1-3-13-4-2-8-18-17(13)14(5-1)19-10-12-6-7-15-16(9-12)21-11-20-15/h1-9,19H,10-11H2. The number of hydrogen-bond donors (Lipinski definition) is 1. The molecule has 0 saturated heterocycles. The quantitative estimate of drug-likeness (QED) is 0.795. The van der Waals surface area contributed by atoms with Gasteiger partial charge in [-0.25, -0.2) is 0 Å². The maximum Gasteiger partial charge on any atom is 0.231 e. The molecule has 2 heterocycles. The lowest BCUT2D eigenvalue weighted by molar-refractivity contribution is 0.174. The number of anilines is 1. The molecular weight excluding hydrogens is 264 g/mol. The number of pyridine rings is 1. The van der Waals surface area contributed by atoms with Crippen LogP contribution < -0.4 is 14.8 Å². The Labute approximate surface area is 122 Å². The highest BCUT2D eigenvalue weighted by Gasteiger charge is 2.13. The molecule has 0 amide bonds. The first kappa shape index (κ1) is 12.0. The molecule has 1 aliphatic rings. The number of nitrogens with zero attached hydrogens (tertiary/aromatic N) is 1. The van der Waals surface area contributed by atoms with Crippen molar-refractivity contribution in [3.8, 4) is 11.5 Å². The van der Waals surface area contributed by atoms with Gasteiger partial charge in [-0.1, -0.05) is 24.3 Å². The minimum Gasteiger partial charge on any atom is -0.454 e. The molecule has 21 heavy (non-hydrogen) atoms. The Morgan fingerprint density at radius 1 is 1.00 bits per heavy atom. The number of para-hydroxylation sites is 1. The minimum absolute atomic E-state index is 0.305. The molecule has 104 valence electrons. The van der Waals surface area contributed by atoms with Crippen LogP contribution in [0, 0.1) is 0 Å². The van der Waals surface area contributed by atoms with Crippen LogP contribution in [0.25, 0.3) is 10.9 Å². The molecule has 0 unspecified atom stereocenters. The molecular formula is C17H14N2O2. The van der Waals surface area contributed by atoms with E-state index >= 15 is 0 Å². The van der Waals surface area contributed by atoms with Gasteiger partial charge in [0.1, 0.15) is 0 Å². The van der Waals surface area contributed by atoms with Gasteiger partial charge in [0.05, 0.1) is 11.2 Å². The van der Waals surface area contributed by atoms with Crippen molar-refractivity contribution in [1.29, 1.82) is 0 Å². The van der Waals surface area contributed by atoms with Crippen molar-refractivity contribution in [1.82, 2.24) is 4.98 Å². The molecule has 0 spiro atoms. The van der Waals surface area contributed by atoms with E-state index in [-0.39, 0.29) is 0 Å². The molecule has 0 atom stereocenters. The number of hydrogen-bond acceptors (Lipinski definition) is 4. The van der Waals surface area contributed by atoms with Gasteiger partial charge in [-0.05, 0) is 29.8 Å². The molecule has 1 N–H and O–H groups in total. The van der Waals surface area contributed by atoms with Crippen LogP contribution >= 0.6 is 0 Å². The van der Waals surface area contributed by atoms with Crippen LogP contribution in [-0.4, -0.2) is 11.8 Å². The summed E-state index contributed by atoms with van der Waals surface area (Å²) in [6.07, 6.45) is 1.81. The highest BCUT2D eigenvalue weighted by Crippen LogP contribution is 2.32. The van der Waals surface area contributed by atoms with Crippen LogP contribution in [0.1, 0.15) is 5.56 Å². The van der Waals surface area contributed by atoms with E-state index in [1.54, 1.807) is 0 Å². The molecule has 0 aliphatic carbocycles. The summed E-state index contributed by atoms with van der Waals surface area (Å²) in [5.41, 5.74) is 3.17. The lowest BCUT2D eigenvalue weighted by Gasteiger charge is -2.09. The van der Waals surface area contributed by atoms with E-state index in [9.17, 15) is 0 Å². The molecule has 3 aromatic rings. The SMILES string of the molecule is c1cnc2c(NCc3ccc4c(c3)OCO4)cccc2c1. The van der Waals surface area contributed by atoms with E-state index in [4.69, 9.17) is 9.47 Å². The van der Waals surface area contributed by atoms with Gasteiger partial charge in [-0.2, -0.15) is 0 Å². The summed E-state index contributed by atoms with van der Waals surface area (Å²) in [6.45, 7) is 1.02. The first-order valence-electron chi connectivity index (χ1n) is 6.86. The lowest BCUT2D eigenvalue weighted by Crippen LogP contribution is -2.00. The second-order valence-electron chi connectivity index (χ2n) is 4.92. The van der Waals surface area contributed by atoms with Crippen LogP contribution in [0.15, 0.2) is 54.7 Å². The third-order valence-electron chi connectivity index (χ3n) is 3.55. The Balaban J connectivity index is 1.58. The van der Waals surface area contributed by atoms with Gasteiger partial charge < -0.3 is 14.8 Å². The number of nitrogens with one attached hydrogen (secondary N) is 1. The molecule has 0 saturated carbocycles. The molecule has 1 aromatic heterocycles. The van der Waals surface area contributed by atoms with E-state index in [1.807, 2.05) is 42.6 Å². The summed E-state index contributed by atoms with van der Waals surface area (Å²) in [4.78, 5) is 4.44. The monoisotopic (exact) mass is 278 g/mol. The van der Waals surface area contributed by atoms with E-state index < -0.39 is 0 Å². The van der Waals surface area contributed by atoms with Crippen molar-refractivity contribution in [3.05, 3.63) is 60.3 Å². The Morgan fingerprint density at radius 3 is 2.90 bits per heavy atom. The van der Waals surface area contributed by atoms with Crippen LogP contribution in [0.5, 0.6) is 11.5 Å². The summed E-state index contributed by atoms with van der Waals surface area (Å²) in [5, 5.41) is 4.57. The fraction of sp³-hybridized carbons (Fsp3) is 0.118. The first-order chi connectivity index (χ1) is 10.4. The smallest absolute Gasteiger partial charge is 0.231 e. The number of fused-ring (bicyclic) bond motifs is 2. The van der Waals surface area contributed by atoms with Crippen molar-refractivity contribution in [3.63, 3.8) is 0 Å². The van der Waals surface area contributed by atoms with E-state index in [0.29, 0.717) is 13.3 Å². The predicted octanol–water partition coefficient (Wildman–Crippen LogP) is 3.58. The molecule has 4 heteroatoms. The van der Waals surface area contributed by atoms with Crippen molar-refractivity contribution in [2.75, 3.05) is 12.1 Å². The van der Waals surface area contributed by atoms with E-state index in [2.05, 4.69) is 22.4 Å². The summed E-state index contributed by atoms with van der Waals surface area (Å²) >= 11 is 0. The number of rotatable bonds is 3. The fourth-order valence-electron chi connectivity index (χ4n) is 2.50. The lowest BCUT2D eigenvalue weighted by atomic mass is 10.1. The van der Waals surface area contributed by atoms with Gasteiger partial charge >= 0.3 is 0 Å². The molecule has 0 bridgehead atoms. The molecule has 0 fully saturated rings. The molecule has 4 nitrogen and oxygen atoms in total. The van der Waals surface area contributed by atoms with Gasteiger partial charge in [0.25, 0.3) is 0 Å². The third kappa shape index (κ3) is 2.25. The zero-order chi connectivity index (χ0) is 14.1. The van der Waals surface area contributed by atoms with E-state index in [1.165, 1.54) is 0 Å². The maximum absolute atomic E-state index is 5.40. The average Bonchev–Trinajstić information content (AvgIpc) is 3.00. The van der Waals surface area contributed by atoms with Crippen LogP contribution in [0.3, 0.4) is 0 Å². The number of benzene rings is 2. The summed E-state index contributed by atoms with van der Waals surface area (Å²) in [5.74, 6) is 1.62. The van der Waals surface area contributed by atoms with Crippen molar-refractivity contribution in [2.45, 2.75) is 6.54 Å². The predicted molar refractivity (Wildman–Crippen MR) is 81.6 cm³/mol. The summed E-state index contributed by atoms with van der Waals surface area (Å²) in [6, 6.07) is 16.1. The van der Waals surface area contributed by atoms with Gasteiger partial charge in [0.15, 0.2) is 11.5 Å². The Bertz CT molecular complexity index is 796. The Hall–Kier alpha value is -2.75. The zero-order valence-corrected chi connectivity index (χ0v) is 11.4. The summed E-state index contributed by atoms with van der Waals surface area (Å²) in [7, 11) is 0. The largest absolute Gasteiger partial charge is 0.454 e. The normalized spacial score (nSPS) is 12.6. The average molecular weight is 278 g/mol. The Kier molecular flexibility index (Phi) is 2.85. The van der Waals surface area contributed by atoms with Crippen molar-refractivity contribution < 1.29 is 9.47 Å². The van der Waals surface area contributed by atoms with E-state index in [0.717, 1.165) is 33.7 Å². The highest BCUT2D eigenvalue weighted by atomic mass is 16.7. The Morgan fingerprint density at radius 2 is 1.90 bits per heavy atom. The highest BCUT2D eigenvalue weighted by molar-refractivity contribution is 5.90. The van der Waals surface area contributed by atoms with Crippen LogP contribution in [0.2, 0.25) is 0 Å². The fourth-order valence-corrected chi connectivity index (χ4v) is 2.50. The van der Waals surface area contributed by atoms with Gasteiger partial charge in [0, 0.05) is 18.1 Å². The van der Waals surface area contributed by atoms with Crippen molar-refractivity contribution >= 4 is 16.6 Å². The van der Waals surface area contributed by atoms with Gasteiger partial charge in [0.2, 0.25) is 6.79 Å². The maximum atomic E-state index is 5.40. The molecule has 2 aromatic carbocycles. The number of ether oxygens (including phenoxy) is 2. The second kappa shape index (κ2) is 4.98. The minimum atomic E-state index is 0.305. The van der Waals surface area contributed by atoms with Gasteiger partial charge in [-0.15, -0.1) is 0 Å². The van der Waals surface area contributed by atoms with Crippen LogP contribution in [0.4, 0.5) is 5.69 Å². The number of aromatic nitrogens is 1. The summed E-state index contributed by atoms with van der Waals surface area (Å²) < 4.78 is 10.7. The molecule has 0 radical (unpaired) electrons.